The number of aliphatic hydroxyl groups is 1. The molecule has 1 saturated carbocycles. The molecule has 2 aliphatic rings. The molecule has 0 bridgehead atoms. The number of rotatable bonds is 5. The highest BCUT2D eigenvalue weighted by atomic mass is 16.3. The Labute approximate surface area is 130 Å². The Morgan fingerprint density at radius 1 is 1.48 bits per heavy atom. The topological polar surface area (TPSA) is 20.2 Å². The van der Waals surface area contributed by atoms with Gasteiger partial charge in [-0.15, -0.1) is 6.58 Å². The predicted molar refractivity (Wildman–Crippen MR) is 91.1 cm³/mol. The van der Waals surface area contributed by atoms with E-state index < -0.39 is 0 Å². The van der Waals surface area contributed by atoms with Gasteiger partial charge in [-0.2, -0.15) is 0 Å². The van der Waals surface area contributed by atoms with Crippen LogP contribution < -0.4 is 0 Å². The van der Waals surface area contributed by atoms with Crippen molar-refractivity contribution in [1.82, 2.24) is 0 Å². The number of hydrogen-bond donors (Lipinski definition) is 1. The van der Waals surface area contributed by atoms with Crippen LogP contribution in [0.25, 0.3) is 0 Å². The van der Waals surface area contributed by atoms with Crippen LogP contribution in [-0.2, 0) is 0 Å². The van der Waals surface area contributed by atoms with Gasteiger partial charge in [0, 0.05) is 5.92 Å². The van der Waals surface area contributed by atoms with Gasteiger partial charge < -0.3 is 5.11 Å². The highest BCUT2D eigenvalue weighted by Gasteiger charge is 2.42. The van der Waals surface area contributed by atoms with Crippen LogP contribution in [0.5, 0.6) is 0 Å². The van der Waals surface area contributed by atoms with Crippen molar-refractivity contribution >= 4 is 0 Å². The van der Waals surface area contributed by atoms with E-state index in [2.05, 4.69) is 40.0 Å². The fraction of sp³-hybridized carbons (Fsp3) is 0.700. The zero-order valence-electron chi connectivity index (χ0n) is 14.1. The molecule has 0 aromatic carbocycles. The Bertz CT molecular complexity index is 431. The summed E-state index contributed by atoms with van der Waals surface area (Å²) in [6.07, 6.45) is 8.92. The Morgan fingerprint density at radius 2 is 2.19 bits per heavy atom. The number of fused-ring (bicyclic) bond motifs is 1. The van der Waals surface area contributed by atoms with Crippen molar-refractivity contribution in [3.8, 4) is 0 Å². The summed E-state index contributed by atoms with van der Waals surface area (Å²) >= 11 is 0. The molecular weight excluding hydrogens is 256 g/mol. The van der Waals surface area contributed by atoms with Gasteiger partial charge >= 0.3 is 0 Å². The van der Waals surface area contributed by atoms with Crippen LogP contribution in [0.4, 0.5) is 0 Å². The molecule has 1 N–H and O–H groups in total. The molecule has 1 heteroatoms. The van der Waals surface area contributed by atoms with Crippen molar-refractivity contribution in [1.29, 1.82) is 0 Å². The van der Waals surface area contributed by atoms with Crippen molar-refractivity contribution in [3.05, 3.63) is 36.0 Å². The van der Waals surface area contributed by atoms with Gasteiger partial charge in [-0.3, -0.25) is 0 Å². The first-order valence-electron chi connectivity index (χ1n) is 8.58. The largest absolute Gasteiger partial charge is 0.392 e. The minimum atomic E-state index is -0.187. The van der Waals surface area contributed by atoms with Crippen molar-refractivity contribution in [2.75, 3.05) is 0 Å². The third-order valence-electron chi connectivity index (χ3n) is 5.78. The fourth-order valence-corrected chi connectivity index (χ4v) is 4.38. The third-order valence-corrected chi connectivity index (χ3v) is 5.78. The Kier molecular flexibility index (Phi) is 5.48. The highest BCUT2D eigenvalue weighted by molar-refractivity contribution is 5.24. The fourth-order valence-electron chi connectivity index (χ4n) is 4.38. The van der Waals surface area contributed by atoms with Gasteiger partial charge in [0.05, 0.1) is 6.10 Å². The second-order valence-corrected chi connectivity index (χ2v) is 7.49. The maximum absolute atomic E-state index is 11.0. The lowest BCUT2D eigenvalue weighted by Gasteiger charge is -2.33. The molecular formula is C20H32O. The first kappa shape index (κ1) is 16.5. The lowest BCUT2D eigenvalue weighted by Crippen LogP contribution is -2.34. The van der Waals surface area contributed by atoms with Crippen LogP contribution in [0.1, 0.15) is 59.3 Å². The van der Waals surface area contributed by atoms with E-state index >= 15 is 0 Å². The molecule has 1 nitrogen and oxygen atoms in total. The van der Waals surface area contributed by atoms with Crippen LogP contribution in [0.15, 0.2) is 36.0 Å². The van der Waals surface area contributed by atoms with Crippen LogP contribution in [0, 0.1) is 23.7 Å². The molecule has 0 amide bonds. The molecule has 5 atom stereocenters. The summed E-state index contributed by atoms with van der Waals surface area (Å²) < 4.78 is 0. The van der Waals surface area contributed by atoms with Crippen molar-refractivity contribution in [2.45, 2.75) is 65.4 Å². The van der Waals surface area contributed by atoms with E-state index in [-0.39, 0.29) is 6.10 Å². The second kappa shape index (κ2) is 6.96. The molecule has 118 valence electrons. The zero-order chi connectivity index (χ0) is 15.6. The third kappa shape index (κ3) is 3.69. The van der Waals surface area contributed by atoms with E-state index in [1.54, 1.807) is 0 Å². The van der Waals surface area contributed by atoms with Gasteiger partial charge in [-0.05, 0) is 63.7 Å². The predicted octanol–water partition coefficient (Wildman–Crippen LogP) is 5.28. The van der Waals surface area contributed by atoms with Crippen molar-refractivity contribution < 1.29 is 5.11 Å². The maximum Gasteiger partial charge on any atom is 0.0642 e. The van der Waals surface area contributed by atoms with Gasteiger partial charge in [-0.1, -0.05) is 42.7 Å². The smallest absolute Gasteiger partial charge is 0.0642 e. The summed E-state index contributed by atoms with van der Waals surface area (Å²) in [5, 5.41) is 11.0. The standard InChI is InChI=1S/C20H32O/c1-13(2)7-6-8-14(3)18-12-9-15(4)17-11-10-16(5)19(17)20(18)21/h10,14,17-21H,1,4,6-9,11-12H2,2-3,5H3/t14?,17-,18-,19+,20+/m0/s1. The number of hydrogen-bond acceptors (Lipinski definition) is 1. The first-order chi connectivity index (χ1) is 9.91. The molecule has 2 rings (SSSR count). The average Bonchev–Trinajstić information content (AvgIpc) is 2.74. The molecule has 0 saturated heterocycles. The molecule has 0 aliphatic heterocycles. The summed E-state index contributed by atoms with van der Waals surface area (Å²) in [7, 11) is 0. The van der Waals surface area contributed by atoms with Crippen LogP contribution >= 0.6 is 0 Å². The second-order valence-electron chi connectivity index (χ2n) is 7.49. The minimum absolute atomic E-state index is 0.187. The molecule has 0 heterocycles. The summed E-state index contributed by atoms with van der Waals surface area (Å²) in [5.41, 5.74) is 4.02. The number of allylic oxidation sites excluding steroid dienone is 3. The van der Waals surface area contributed by atoms with Crippen LogP contribution in [0.2, 0.25) is 0 Å². The molecule has 0 aromatic rings. The van der Waals surface area contributed by atoms with Gasteiger partial charge in [0.2, 0.25) is 0 Å². The Balaban J connectivity index is 2.03. The minimum Gasteiger partial charge on any atom is -0.392 e. The highest BCUT2D eigenvalue weighted by Crippen LogP contribution is 2.47. The van der Waals surface area contributed by atoms with Crippen LogP contribution in [0.3, 0.4) is 0 Å². The molecule has 1 unspecified atom stereocenters. The SMILES string of the molecule is C=C(C)CCCC(C)[C@@H]1CCC(=C)[C@@H]2CC=C(C)[C@H]2[C@@H]1O. The summed E-state index contributed by atoms with van der Waals surface area (Å²) in [4.78, 5) is 0. The lowest BCUT2D eigenvalue weighted by atomic mass is 9.76. The zero-order valence-corrected chi connectivity index (χ0v) is 14.1. The lowest BCUT2D eigenvalue weighted by molar-refractivity contribution is 0.0301. The van der Waals surface area contributed by atoms with E-state index in [4.69, 9.17) is 0 Å². The normalized spacial score (nSPS) is 34.1. The van der Waals surface area contributed by atoms with E-state index in [9.17, 15) is 5.11 Å². The summed E-state index contributed by atoms with van der Waals surface area (Å²) in [6, 6.07) is 0. The Morgan fingerprint density at radius 3 is 2.86 bits per heavy atom. The first-order valence-corrected chi connectivity index (χ1v) is 8.58. The van der Waals surface area contributed by atoms with E-state index in [0.29, 0.717) is 23.7 Å². The molecule has 0 radical (unpaired) electrons. The van der Waals surface area contributed by atoms with E-state index in [1.165, 1.54) is 29.6 Å². The quantitative estimate of drug-likeness (QED) is 0.682. The maximum atomic E-state index is 11.0. The Hall–Kier alpha value is -0.820. The van der Waals surface area contributed by atoms with Crippen molar-refractivity contribution in [3.63, 3.8) is 0 Å². The molecule has 1 fully saturated rings. The van der Waals surface area contributed by atoms with Gasteiger partial charge in [0.1, 0.15) is 0 Å². The monoisotopic (exact) mass is 288 g/mol. The van der Waals surface area contributed by atoms with Gasteiger partial charge in [0.25, 0.3) is 0 Å². The summed E-state index contributed by atoms with van der Waals surface area (Å²) in [5.74, 6) is 1.82. The van der Waals surface area contributed by atoms with E-state index in [1.807, 2.05) is 0 Å². The molecule has 21 heavy (non-hydrogen) atoms. The van der Waals surface area contributed by atoms with Gasteiger partial charge in [-0.25, -0.2) is 0 Å². The average molecular weight is 288 g/mol. The van der Waals surface area contributed by atoms with Crippen molar-refractivity contribution in [2.24, 2.45) is 23.7 Å². The summed E-state index contributed by atoms with van der Waals surface area (Å²) in [6.45, 7) is 14.9. The number of aliphatic hydroxyl groups excluding tert-OH is 1. The van der Waals surface area contributed by atoms with Gasteiger partial charge in [0.15, 0.2) is 0 Å². The van der Waals surface area contributed by atoms with Crippen LogP contribution in [-0.4, -0.2) is 11.2 Å². The molecule has 0 aromatic heterocycles. The van der Waals surface area contributed by atoms with E-state index in [0.717, 1.165) is 25.7 Å². The molecule has 0 spiro atoms. The molecule has 2 aliphatic carbocycles.